The van der Waals surface area contributed by atoms with Crippen LogP contribution in [-0.2, 0) is 0 Å². The molecule has 0 amide bonds. The van der Waals surface area contributed by atoms with Crippen LogP contribution in [0.5, 0.6) is 11.5 Å². The van der Waals surface area contributed by atoms with Crippen LogP contribution in [-0.4, -0.2) is 26.9 Å². The van der Waals surface area contributed by atoms with Gasteiger partial charge in [0.25, 0.3) is 0 Å². The van der Waals surface area contributed by atoms with Crippen molar-refractivity contribution in [3.8, 4) is 11.5 Å². The van der Waals surface area contributed by atoms with E-state index in [2.05, 4.69) is 52.0 Å². The lowest BCUT2D eigenvalue weighted by Crippen LogP contribution is -2.20. The van der Waals surface area contributed by atoms with Gasteiger partial charge in [-0.3, -0.25) is 0 Å². The van der Waals surface area contributed by atoms with Crippen LogP contribution in [0.25, 0.3) is 0 Å². The monoisotopic (exact) mass is 345 g/mol. The molecule has 130 valence electrons. The van der Waals surface area contributed by atoms with E-state index in [-0.39, 0.29) is 0 Å². The third kappa shape index (κ3) is 3.74. The summed E-state index contributed by atoms with van der Waals surface area (Å²) in [5, 5.41) is 2.71. The van der Waals surface area contributed by atoms with E-state index in [1.165, 1.54) is 32.9 Å². The van der Waals surface area contributed by atoms with Gasteiger partial charge in [-0.1, -0.05) is 0 Å². The maximum absolute atomic E-state index is 5.94. The van der Waals surface area contributed by atoms with Crippen LogP contribution in [0.2, 0.25) is 0 Å². The zero-order valence-corrected chi connectivity index (χ0v) is 16.5. The Kier molecular flexibility index (Phi) is 6.26. The molecule has 0 unspecified atom stereocenters. The summed E-state index contributed by atoms with van der Waals surface area (Å²) in [7, 11) is 2.97. The van der Waals surface area contributed by atoms with E-state index in [4.69, 9.17) is 15.2 Å². The number of ether oxygens (including phenoxy) is 2. The molecule has 0 heterocycles. The van der Waals surface area contributed by atoms with Gasteiger partial charge in [0.1, 0.15) is 11.5 Å². The lowest BCUT2D eigenvalue weighted by molar-refractivity contribution is 0.408. The number of methoxy groups -OCH3 is 2. The van der Waals surface area contributed by atoms with Crippen molar-refractivity contribution in [1.29, 1.82) is 0 Å². The summed E-state index contributed by atoms with van der Waals surface area (Å²) in [6, 6.07) is 9.01. The standard InChI is InChI=1S/C20H28NO2P/c1-13-9-17(10-14(2)19(13)22-5)24(8-7-21)18-11-15(3)20(23-6)16(4)12-18/h9-12H,7-8,21H2,1-6H3. The molecule has 0 aliphatic rings. The number of nitrogens with two attached hydrogens (primary N) is 1. The van der Waals surface area contributed by atoms with Gasteiger partial charge in [-0.05, 0) is 105 Å². The number of benzene rings is 2. The SMILES string of the molecule is COc1c(C)cc(P(CCN)c2cc(C)c(OC)c(C)c2)cc1C. The van der Waals surface area contributed by atoms with E-state index in [0.29, 0.717) is 6.54 Å². The first kappa shape index (κ1) is 18.8. The fraction of sp³-hybridized carbons (Fsp3) is 0.400. The molecule has 0 aliphatic carbocycles. The molecule has 3 nitrogen and oxygen atoms in total. The van der Waals surface area contributed by atoms with Crippen molar-refractivity contribution in [2.75, 3.05) is 26.9 Å². The normalized spacial score (nSPS) is 11.0. The molecule has 0 atom stereocenters. The number of rotatable bonds is 6. The first-order chi connectivity index (χ1) is 11.4. The molecule has 0 saturated carbocycles. The molecular formula is C20H28NO2P. The smallest absolute Gasteiger partial charge is 0.124 e. The molecule has 2 aromatic rings. The zero-order chi connectivity index (χ0) is 17.9. The van der Waals surface area contributed by atoms with E-state index in [0.717, 1.165) is 17.7 Å². The third-order valence-electron chi connectivity index (χ3n) is 4.27. The molecule has 2 rings (SSSR count). The second-order valence-corrected chi connectivity index (χ2v) is 8.50. The van der Waals surface area contributed by atoms with Crippen LogP contribution in [0.15, 0.2) is 24.3 Å². The summed E-state index contributed by atoms with van der Waals surface area (Å²) in [6.45, 7) is 9.11. The number of hydrogen-bond acceptors (Lipinski definition) is 3. The average molecular weight is 345 g/mol. The predicted molar refractivity (Wildman–Crippen MR) is 105 cm³/mol. The molecule has 0 spiro atoms. The Morgan fingerprint density at radius 3 is 1.33 bits per heavy atom. The van der Waals surface area contributed by atoms with Crippen molar-refractivity contribution < 1.29 is 9.47 Å². The highest BCUT2D eigenvalue weighted by Gasteiger charge is 2.18. The Balaban J connectivity index is 2.55. The number of aryl methyl sites for hydroxylation is 4. The van der Waals surface area contributed by atoms with Gasteiger partial charge in [0.05, 0.1) is 14.2 Å². The quantitative estimate of drug-likeness (QED) is 0.817. The van der Waals surface area contributed by atoms with Crippen molar-refractivity contribution in [1.82, 2.24) is 0 Å². The van der Waals surface area contributed by atoms with E-state index in [1.54, 1.807) is 14.2 Å². The summed E-state index contributed by atoms with van der Waals surface area (Å²) >= 11 is 0. The molecule has 0 aromatic heterocycles. The molecule has 0 aliphatic heterocycles. The first-order valence-electron chi connectivity index (χ1n) is 8.21. The van der Waals surface area contributed by atoms with Crippen LogP contribution in [0.4, 0.5) is 0 Å². The summed E-state index contributed by atoms with van der Waals surface area (Å²) in [5.74, 6) is 1.95. The van der Waals surface area contributed by atoms with Gasteiger partial charge in [-0.15, -0.1) is 0 Å². The lowest BCUT2D eigenvalue weighted by Gasteiger charge is -2.22. The summed E-state index contributed by atoms with van der Waals surface area (Å²) < 4.78 is 11.0. The minimum Gasteiger partial charge on any atom is -0.496 e. The molecular weight excluding hydrogens is 317 g/mol. The lowest BCUT2D eigenvalue weighted by atomic mass is 10.1. The second kappa shape index (κ2) is 8.00. The highest BCUT2D eigenvalue weighted by Crippen LogP contribution is 2.37. The Hall–Kier alpha value is -1.57. The first-order valence-corrected chi connectivity index (χ1v) is 9.73. The zero-order valence-electron chi connectivity index (χ0n) is 15.6. The molecule has 24 heavy (non-hydrogen) atoms. The van der Waals surface area contributed by atoms with E-state index < -0.39 is 7.92 Å². The maximum atomic E-state index is 5.94. The van der Waals surface area contributed by atoms with E-state index in [1.807, 2.05) is 0 Å². The van der Waals surface area contributed by atoms with Gasteiger partial charge >= 0.3 is 0 Å². The molecule has 2 N–H and O–H groups in total. The topological polar surface area (TPSA) is 44.5 Å². The van der Waals surface area contributed by atoms with Gasteiger partial charge in [0, 0.05) is 0 Å². The second-order valence-electron chi connectivity index (χ2n) is 6.17. The highest BCUT2D eigenvalue weighted by molar-refractivity contribution is 7.73. The van der Waals surface area contributed by atoms with Crippen LogP contribution in [0, 0.1) is 27.7 Å². The summed E-state index contributed by atoms with van der Waals surface area (Å²) in [4.78, 5) is 0. The van der Waals surface area contributed by atoms with Crippen molar-refractivity contribution in [2.45, 2.75) is 27.7 Å². The van der Waals surface area contributed by atoms with Gasteiger partial charge in [-0.25, -0.2) is 0 Å². The van der Waals surface area contributed by atoms with Gasteiger partial charge in [0.15, 0.2) is 0 Å². The Morgan fingerprint density at radius 2 is 1.08 bits per heavy atom. The maximum Gasteiger partial charge on any atom is 0.124 e. The molecule has 0 saturated heterocycles. The van der Waals surface area contributed by atoms with Crippen LogP contribution in [0.3, 0.4) is 0 Å². The van der Waals surface area contributed by atoms with Crippen LogP contribution >= 0.6 is 7.92 Å². The van der Waals surface area contributed by atoms with Crippen molar-refractivity contribution in [3.63, 3.8) is 0 Å². The van der Waals surface area contributed by atoms with Crippen molar-refractivity contribution in [3.05, 3.63) is 46.5 Å². The Labute approximate surface area is 146 Å². The molecule has 4 heteroatoms. The van der Waals surface area contributed by atoms with E-state index in [9.17, 15) is 0 Å². The van der Waals surface area contributed by atoms with Gasteiger partial charge < -0.3 is 15.2 Å². The molecule has 2 aromatic carbocycles. The average Bonchev–Trinajstić information content (AvgIpc) is 2.51. The Bertz CT molecular complexity index is 622. The molecule has 0 fully saturated rings. The largest absolute Gasteiger partial charge is 0.496 e. The number of hydrogen-bond donors (Lipinski definition) is 1. The summed E-state index contributed by atoms with van der Waals surface area (Å²) in [6.07, 6.45) is 0.978. The minimum atomic E-state index is -0.487. The van der Waals surface area contributed by atoms with Crippen LogP contribution < -0.4 is 25.8 Å². The molecule has 0 bridgehead atoms. The molecule has 0 radical (unpaired) electrons. The fourth-order valence-electron chi connectivity index (χ4n) is 3.35. The Morgan fingerprint density at radius 1 is 0.750 bits per heavy atom. The van der Waals surface area contributed by atoms with E-state index >= 15 is 0 Å². The highest BCUT2D eigenvalue weighted by atomic mass is 31.1. The van der Waals surface area contributed by atoms with Crippen molar-refractivity contribution in [2.24, 2.45) is 5.73 Å². The van der Waals surface area contributed by atoms with Gasteiger partial charge in [-0.2, -0.15) is 0 Å². The summed E-state index contributed by atoms with van der Waals surface area (Å²) in [5.41, 5.74) is 10.7. The third-order valence-corrected chi connectivity index (χ3v) is 6.74. The fourth-order valence-corrected chi connectivity index (χ4v) is 5.82. The van der Waals surface area contributed by atoms with Crippen molar-refractivity contribution >= 4 is 18.5 Å². The minimum absolute atomic E-state index is 0.487. The van der Waals surface area contributed by atoms with Gasteiger partial charge in [0.2, 0.25) is 0 Å². The van der Waals surface area contributed by atoms with Crippen LogP contribution in [0.1, 0.15) is 22.3 Å². The predicted octanol–water partition coefficient (Wildman–Crippen LogP) is 3.33.